The van der Waals surface area contributed by atoms with E-state index in [-0.39, 0.29) is 61.4 Å². The Morgan fingerprint density at radius 3 is 2.48 bits per heavy atom. The molecule has 148 valence electrons. The van der Waals surface area contributed by atoms with Crippen LogP contribution in [0, 0.1) is 0 Å². The fraction of sp³-hybridized carbons (Fsp3) is 0.625. The summed E-state index contributed by atoms with van der Waals surface area (Å²) in [5.41, 5.74) is 0. The van der Waals surface area contributed by atoms with Crippen molar-refractivity contribution in [2.75, 3.05) is 32.5 Å². The SMILES string of the molecule is COc1nccnc1OC1CCN(S(=O)(=O)CCN2C(=O)CCCC2=O)C1. The van der Waals surface area contributed by atoms with Gasteiger partial charge in [0.1, 0.15) is 6.10 Å². The molecule has 0 spiro atoms. The lowest BCUT2D eigenvalue weighted by atomic mass is 10.1. The number of likely N-dealkylation sites (tertiary alicyclic amines) is 1. The third-order valence-electron chi connectivity index (χ3n) is 4.56. The van der Waals surface area contributed by atoms with Crippen molar-refractivity contribution in [3.8, 4) is 11.8 Å². The zero-order chi connectivity index (χ0) is 19.4. The van der Waals surface area contributed by atoms with E-state index in [1.165, 1.54) is 23.8 Å². The van der Waals surface area contributed by atoms with Crippen LogP contribution in [0.5, 0.6) is 11.8 Å². The molecule has 3 heterocycles. The average Bonchev–Trinajstić information content (AvgIpc) is 3.11. The monoisotopic (exact) mass is 398 g/mol. The van der Waals surface area contributed by atoms with Gasteiger partial charge in [-0.2, -0.15) is 4.31 Å². The first-order valence-corrected chi connectivity index (χ1v) is 10.3. The summed E-state index contributed by atoms with van der Waals surface area (Å²) < 4.78 is 37.3. The number of sulfonamides is 1. The summed E-state index contributed by atoms with van der Waals surface area (Å²) in [6, 6.07) is 0. The molecule has 0 saturated carbocycles. The minimum atomic E-state index is -3.61. The van der Waals surface area contributed by atoms with Gasteiger partial charge in [0.15, 0.2) is 0 Å². The lowest BCUT2D eigenvalue weighted by molar-refractivity contribution is -0.147. The second-order valence-electron chi connectivity index (χ2n) is 6.37. The van der Waals surface area contributed by atoms with Crippen LogP contribution in [0.2, 0.25) is 0 Å². The maximum Gasteiger partial charge on any atom is 0.278 e. The second-order valence-corrected chi connectivity index (χ2v) is 8.45. The van der Waals surface area contributed by atoms with E-state index < -0.39 is 10.0 Å². The highest BCUT2D eigenvalue weighted by Crippen LogP contribution is 2.25. The summed E-state index contributed by atoms with van der Waals surface area (Å²) in [6.45, 7) is 0.363. The standard InChI is InChI=1S/C16H22N4O6S/c1-25-15-16(18-7-6-17-15)26-12-5-8-19(11-12)27(23,24)10-9-20-13(21)3-2-4-14(20)22/h6-7,12H,2-5,8-11H2,1H3. The van der Waals surface area contributed by atoms with Crippen LogP contribution in [0.15, 0.2) is 12.4 Å². The number of carbonyl (C=O) groups is 2. The van der Waals surface area contributed by atoms with Gasteiger partial charge in [0.25, 0.3) is 11.8 Å². The predicted molar refractivity (Wildman–Crippen MR) is 93.5 cm³/mol. The molecule has 2 fully saturated rings. The topological polar surface area (TPSA) is 119 Å². The van der Waals surface area contributed by atoms with Crippen LogP contribution in [-0.4, -0.2) is 78.0 Å². The van der Waals surface area contributed by atoms with Gasteiger partial charge >= 0.3 is 0 Å². The number of hydrogen-bond donors (Lipinski definition) is 0. The smallest absolute Gasteiger partial charge is 0.278 e. The maximum absolute atomic E-state index is 12.6. The number of hydrogen-bond acceptors (Lipinski definition) is 8. The summed E-state index contributed by atoms with van der Waals surface area (Å²) in [5, 5.41) is 0. The van der Waals surface area contributed by atoms with Crippen LogP contribution in [0.1, 0.15) is 25.7 Å². The number of carbonyl (C=O) groups excluding carboxylic acids is 2. The van der Waals surface area contributed by atoms with Crippen molar-refractivity contribution < 1.29 is 27.5 Å². The fourth-order valence-electron chi connectivity index (χ4n) is 3.12. The van der Waals surface area contributed by atoms with Gasteiger partial charge in [0.2, 0.25) is 21.8 Å². The van der Waals surface area contributed by atoms with Gasteiger partial charge in [0.05, 0.1) is 19.4 Å². The van der Waals surface area contributed by atoms with Gasteiger partial charge in [-0.05, 0) is 12.8 Å². The van der Waals surface area contributed by atoms with Gasteiger partial charge in [-0.15, -0.1) is 0 Å². The van der Waals surface area contributed by atoms with E-state index in [2.05, 4.69) is 9.97 Å². The summed E-state index contributed by atoms with van der Waals surface area (Å²) in [7, 11) is -2.16. The van der Waals surface area contributed by atoms with E-state index in [0.29, 0.717) is 19.4 Å². The predicted octanol–water partition coefficient (Wildman–Crippen LogP) is -0.193. The Bertz CT molecular complexity index is 799. The van der Waals surface area contributed by atoms with E-state index in [9.17, 15) is 18.0 Å². The Morgan fingerprint density at radius 1 is 1.15 bits per heavy atom. The van der Waals surface area contributed by atoms with Gasteiger partial charge in [-0.25, -0.2) is 18.4 Å². The zero-order valence-electron chi connectivity index (χ0n) is 15.0. The number of piperidine rings is 1. The van der Waals surface area contributed by atoms with Crippen molar-refractivity contribution in [1.82, 2.24) is 19.2 Å². The minimum absolute atomic E-state index is 0.111. The third kappa shape index (κ3) is 4.53. The fourth-order valence-corrected chi connectivity index (χ4v) is 4.57. The van der Waals surface area contributed by atoms with Crippen molar-refractivity contribution in [3.05, 3.63) is 12.4 Å². The maximum atomic E-state index is 12.6. The lowest BCUT2D eigenvalue weighted by Gasteiger charge is -2.25. The highest BCUT2D eigenvalue weighted by molar-refractivity contribution is 7.89. The van der Waals surface area contributed by atoms with Crippen molar-refractivity contribution in [3.63, 3.8) is 0 Å². The molecule has 0 bridgehead atoms. The molecule has 27 heavy (non-hydrogen) atoms. The highest BCUT2D eigenvalue weighted by Gasteiger charge is 2.35. The Hall–Kier alpha value is -2.27. The van der Waals surface area contributed by atoms with Crippen LogP contribution in [0.4, 0.5) is 0 Å². The van der Waals surface area contributed by atoms with Crippen LogP contribution >= 0.6 is 0 Å². The molecule has 11 heteroatoms. The molecule has 0 radical (unpaired) electrons. The molecule has 0 aliphatic carbocycles. The molecule has 1 aromatic heterocycles. The molecule has 0 N–H and O–H groups in total. The van der Waals surface area contributed by atoms with Crippen molar-refractivity contribution in [1.29, 1.82) is 0 Å². The molecule has 2 amide bonds. The lowest BCUT2D eigenvalue weighted by Crippen LogP contribution is -2.44. The molecular weight excluding hydrogens is 376 g/mol. The van der Waals surface area contributed by atoms with Crippen LogP contribution < -0.4 is 9.47 Å². The minimum Gasteiger partial charge on any atom is -0.477 e. The first kappa shape index (κ1) is 19.5. The number of methoxy groups -OCH3 is 1. The van der Waals surface area contributed by atoms with Gasteiger partial charge in [-0.3, -0.25) is 14.5 Å². The van der Waals surface area contributed by atoms with Crippen LogP contribution in [0.25, 0.3) is 0 Å². The quantitative estimate of drug-likeness (QED) is 0.580. The number of aromatic nitrogens is 2. The summed E-state index contributed by atoms with van der Waals surface area (Å²) in [5.74, 6) is -0.446. The van der Waals surface area contributed by atoms with Gasteiger partial charge in [-0.1, -0.05) is 0 Å². The average molecular weight is 398 g/mol. The van der Waals surface area contributed by atoms with Gasteiger partial charge in [0, 0.05) is 38.3 Å². The molecular formula is C16H22N4O6S. The van der Waals surface area contributed by atoms with Crippen molar-refractivity contribution >= 4 is 21.8 Å². The van der Waals surface area contributed by atoms with Crippen molar-refractivity contribution in [2.45, 2.75) is 31.8 Å². The van der Waals surface area contributed by atoms with Gasteiger partial charge < -0.3 is 9.47 Å². The molecule has 1 aromatic rings. The Labute approximate surface area is 157 Å². The number of imide groups is 1. The molecule has 2 saturated heterocycles. The summed E-state index contributed by atoms with van der Waals surface area (Å²) in [4.78, 5) is 32.7. The van der Waals surface area contributed by atoms with E-state index in [0.717, 1.165) is 4.90 Å². The molecule has 1 atom stereocenters. The number of rotatable bonds is 7. The second kappa shape index (κ2) is 8.17. The van der Waals surface area contributed by atoms with Crippen LogP contribution in [0.3, 0.4) is 0 Å². The summed E-state index contributed by atoms with van der Waals surface area (Å²) >= 11 is 0. The molecule has 1 unspecified atom stereocenters. The molecule has 0 aromatic carbocycles. The highest BCUT2D eigenvalue weighted by atomic mass is 32.2. The molecule has 10 nitrogen and oxygen atoms in total. The van der Waals surface area contributed by atoms with E-state index in [1.807, 2.05) is 0 Å². The summed E-state index contributed by atoms with van der Waals surface area (Å²) in [6.07, 6.45) is 4.16. The van der Waals surface area contributed by atoms with Crippen LogP contribution in [-0.2, 0) is 19.6 Å². The number of amides is 2. The third-order valence-corrected chi connectivity index (χ3v) is 6.38. The largest absolute Gasteiger partial charge is 0.477 e. The Balaban J connectivity index is 1.57. The first-order chi connectivity index (χ1) is 12.9. The number of ether oxygens (including phenoxy) is 2. The van der Waals surface area contributed by atoms with E-state index >= 15 is 0 Å². The molecule has 2 aliphatic rings. The van der Waals surface area contributed by atoms with E-state index in [4.69, 9.17) is 9.47 Å². The Kier molecular flexibility index (Phi) is 5.90. The van der Waals surface area contributed by atoms with E-state index in [1.54, 1.807) is 0 Å². The normalized spacial score (nSPS) is 21.5. The Morgan fingerprint density at radius 2 is 1.81 bits per heavy atom. The molecule has 3 rings (SSSR count). The molecule has 2 aliphatic heterocycles. The number of nitrogens with zero attached hydrogens (tertiary/aromatic N) is 4. The first-order valence-electron chi connectivity index (χ1n) is 8.73. The zero-order valence-corrected chi connectivity index (χ0v) is 15.9. The van der Waals surface area contributed by atoms with Crippen molar-refractivity contribution in [2.24, 2.45) is 0 Å².